The number of hydrogen-bond donors (Lipinski definition) is 1. The van der Waals surface area contributed by atoms with Crippen molar-refractivity contribution >= 4 is 5.97 Å². The van der Waals surface area contributed by atoms with E-state index in [2.05, 4.69) is 45.9 Å². The first-order valence-electron chi connectivity index (χ1n) is 6.74. The average Bonchev–Trinajstić information content (AvgIpc) is 2.38. The SMILES string of the molecule is Cc1ccc(C(C)(C)c2ccccc2C(=O)O)c(C)c1. The van der Waals surface area contributed by atoms with Gasteiger partial charge < -0.3 is 5.11 Å². The molecule has 0 aliphatic carbocycles. The predicted molar refractivity (Wildman–Crippen MR) is 81.4 cm³/mol. The zero-order valence-electron chi connectivity index (χ0n) is 12.4. The minimum absolute atomic E-state index is 0.341. The Bertz CT molecular complexity index is 654. The summed E-state index contributed by atoms with van der Waals surface area (Å²) in [4.78, 5) is 11.4. The molecule has 0 bridgehead atoms. The van der Waals surface area contributed by atoms with Gasteiger partial charge in [0.15, 0.2) is 0 Å². The Morgan fingerprint density at radius 3 is 2.25 bits per heavy atom. The van der Waals surface area contributed by atoms with Crippen LogP contribution in [0.25, 0.3) is 0 Å². The van der Waals surface area contributed by atoms with Gasteiger partial charge in [0.1, 0.15) is 0 Å². The van der Waals surface area contributed by atoms with Crippen LogP contribution in [-0.4, -0.2) is 11.1 Å². The lowest BCUT2D eigenvalue weighted by atomic mass is 9.74. The third-order valence-corrected chi connectivity index (χ3v) is 3.89. The summed E-state index contributed by atoms with van der Waals surface area (Å²) in [5.74, 6) is -0.876. The van der Waals surface area contributed by atoms with Crippen LogP contribution >= 0.6 is 0 Å². The first-order chi connectivity index (χ1) is 9.34. The van der Waals surface area contributed by atoms with Crippen LogP contribution in [0.3, 0.4) is 0 Å². The fraction of sp³-hybridized carbons (Fsp3) is 0.278. The molecule has 0 saturated heterocycles. The fourth-order valence-corrected chi connectivity index (χ4v) is 2.87. The van der Waals surface area contributed by atoms with Crippen LogP contribution in [0, 0.1) is 13.8 Å². The Balaban J connectivity index is 2.63. The molecular formula is C18H20O2. The van der Waals surface area contributed by atoms with Crippen LogP contribution in [0.2, 0.25) is 0 Å². The molecule has 0 radical (unpaired) electrons. The molecule has 0 saturated carbocycles. The molecule has 0 unspecified atom stereocenters. The van der Waals surface area contributed by atoms with Gasteiger partial charge in [0.2, 0.25) is 0 Å². The van der Waals surface area contributed by atoms with Crippen LogP contribution in [0.4, 0.5) is 0 Å². The highest BCUT2D eigenvalue weighted by Gasteiger charge is 2.28. The number of carboxylic acids is 1. The zero-order valence-corrected chi connectivity index (χ0v) is 12.4. The summed E-state index contributed by atoms with van der Waals surface area (Å²) in [6.45, 7) is 8.29. The molecule has 1 N–H and O–H groups in total. The Morgan fingerprint density at radius 2 is 1.65 bits per heavy atom. The third kappa shape index (κ3) is 2.46. The Labute approximate surface area is 120 Å². The summed E-state index contributed by atoms with van der Waals surface area (Å²) < 4.78 is 0. The highest BCUT2D eigenvalue weighted by atomic mass is 16.4. The van der Waals surface area contributed by atoms with Crippen molar-refractivity contribution in [2.24, 2.45) is 0 Å². The van der Waals surface area contributed by atoms with Crippen molar-refractivity contribution < 1.29 is 9.90 Å². The average molecular weight is 268 g/mol. The molecule has 0 heterocycles. The van der Waals surface area contributed by atoms with Gasteiger partial charge in [-0.2, -0.15) is 0 Å². The number of benzene rings is 2. The standard InChI is InChI=1S/C18H20O2/c1-12-9-10-15(13(2)11-12)18(3,4)16-8-6-5-7-14(16)17(19)20/h5-11H,1-4H3,(H,19,20). The molecule has 0 aliphatic rings. The van der Waals surface area contributed by atoms with E-state index in [9.17, 15) is 9.90 Å². The van der Waals surface area contributed by atoms with Crippen molar-refractivity contribution in [2.45, 2.75) is 33.1 Å². The van der Waals surface area contributed by atoms with Gasteiger partial charge in [-0.25, -0.2) is 4.79 Å². The number of aryl methyl sites for hydroxylation is 2. The monoisotopic (exact) mass is 268 g/mol. The molecule has 0 spiro atoms. The number of carboxylic acid groups (broad SMARTS) is 1. The maximum atomic E-state index is 11.4. The van der Waals surface area contributed by atoms with Crippen molar-refractivity contribution in [1.29, 1.82) is 0 Å². The van der Waals surface area contributed by atoms with Crippen LogP contribution < -0.4 is 0 Å². The van der Waals surface area contributed by atoms with Gasteiger partial charge in [-0.05, 0) is 36.6 Å². The number of aromatic carboxylic acids is 1. The van der Waals surface area contributed by atoms with Crippen molar-refractivity contribution in [3.8, 4) is 0 Å². The number of rotatable bonds is 3. The second kappa shape index (κ2) is 5.12. The normalized spacial score (nSPS) is 11.4. The van der Waals surface area contributed by atoms with Crippen LogP contribution in [-0.2, 0) is 5.41 Å². The molecule has 2 aromatic rings. The summed E-state index contributed by atoms with van der Waals surface area (Å²) in [7, 11) is 0. The molecule has 0 aromatic heterocycles. The molecule has 0 atom stereocenters. The van der Waals surface area contributed by atoms with Gasteiger partial charge >= 0.3 is 5.97 Å². The Morgan fingerprint density at radius 1 is 1.00 bits per heavy atom. The summed E-state index contributed by atoms with van der Waals surface area (Å²) in [5, 5.41) is 9.39. The lowest BCUT2D eigenvalue weighted by molar-refractivity contribution is 0.0694. The van der Waals surface area contributed by atoms with E-state index in [0.29, 0.717) is 5.56 Å². The molecule has 0 fully saturated rings. The van der Waals surface area contributed by atoms with E-state index in [1.807, 2.05) is 12.1 Å². The van der Waals surface area contributed by atoms with Gasteiger partial charge in [0, 0.05) is 5.41 Å². The summed E-state index contributed by atoms with van der Waals surface area (Å²) >= 11 is 0. The molecule has 0 amide bonds. The quantitative estimate of drug-likeness (QED) is 0.899. The molecule has 2 nitrogen and oxygen atoms in total. The minimum Gasteiger partial charge on any atom is -0.478 e. The van der Waals surface area contributed by atoms with Gasteiger partial charge in [-0.15, -0.1) is 0 Å². The molecule has 2 heteroatoms. The lowest BCUT2D eigenvalue weighted by Crippen LogP contribution is -2.23. The first-order valence-corrected chi connectivity index (χ1v) is 6.74. The van der Waals surface area contributed by atoms with Crippen LogP contribution in [0.15, 0.2) is 42.5 Å². The molecule has 2 aromatic carbocycles. The first kappa shape index (κ1) is 14.3. The Kier molecular flexibility index (Phi) is 3.67. The number of hydrogen-bond acceptors (Lipinski definition) is 1. The van der Waals surface area contributed by atoms with Gasteiger partial charge in [0.05, 0.1) is 5.56 Å². The summed E-state index contributed by atoms with van der Waals surface area (Å²) in [6, 6.07) is 13.6. The van der Waals surface area contributed by atoms with E-state index >= 15 is 0 Å². The summed E-state index contributed by atoms with van der Waals surface area (Å²) in [6.07, 6.45) is 0. The lowest BCUT2D eigenvalue weighted by Gasteiger charge is -2.29. The zero-order chi connectivity index (χ0) is 14.9. The second-order valence-electron chi connectivity index (χ2n) is 5.79. The minimum atomic E-state index is -0.876. The van der Waals surface area contributed by atoms with Gasteiger partial charge in [-0.3, -0.25) is 0 Å². The molecular weight excluding hydrogens is 248 g/mol. The van der Waals surface area contributed by atoms with E-state index in [-0.39, 0.29) is 5.41 Å². The van der Waals surface area contributed by atoms with Crippen LogP contribution in [0.1, 0.15) is 46.5 Å². The van der Waals surface area contributed by atoms with Crippen LogP contribution in [0.5, 0.6) is 0 Å². The smallest absolute Gasteiger partial charge is 0.335 e. The van der Waals surface area contributed by atoms with E-state index in [1.54, 1.807) is 12.1 Å². The Hall–Kier alpha value is -2.09. The molecule has 2 rings (SSSR count). The van der Waals surface area contributed by atoms with Crippen molar-refractivity contribution in [3.05, 3.63) is 70.3 Å². The fourth-order valence-electron chi connectivity index (χ4n) is 2.87. The van der Waals surface area contributed by atoms with Crippen molar-refractivity contribution in [3.63, 3.8) is 0 Å². The highest BCUT2D eigenvalue weighted by molar-refractivity contribution is 5.90. The van der Waals surface area contributed by atoms with Crippen molar-refractivity contribution in [1.82, 2.24) is 0 Å². The van der Waals surface area contributed by atoms with Crippen molar-refractivity contribution in [2.75, 3.05) is 0 Å². The number of carbonyl (C=O) groups is 1. The molecule has 0 aliphatic heterocycles. The van der Waals surface area contributed by atoms with Gasteiger partial charge in [-0.1, -0.05) is 55.8 Å². The topological polar surface area (TPSA) is 37.3 Å². The van der Waals surface area contributed by atoms with E-state index in [4.69, 9.17) is 0 Å². The van der Waals surface area contributed by atoms with Gasteiger partial charge in [0.25, 0.3) is 0 Å². The molecule has 104 valence electrons. The third-order valence-electron chi connectivity index (χ3n) is 3.89. The van der Waals surface area contributed by atoms with E-state index in [1.165, 1.54) is 11.1 Å². The summed E-state index contributed by atoms with van der Waals surface area (Å²) in [5.41, 5.74) is 4.45. The van der Waals surface area contributed by atoms with E-state index < -0.39 is 5.97 Å². The second-order valence-corrected chi connectivity index (χ2v) is 5.79. The molecule has 20 heavy (non-hydrogen) atoms. The maximum absolute atomic E-state index is 11.4. The largest absolute Gasteiger partial charge is 0.478 e. The maximum Gasteiger partial charge on any atom is 0.335 e. The highest BCUT2D eigenvalue weighted by Crippen LogP contribution is 2.35. The van der Waals surface area contributed by atoms with E-state index in [0.717, 1.165) is 11.1 Å². The predicted octanol–water partition coefficient (Wildman–Crippen LogP) is 4.33.